The van der Waals surface area contributed by atoms with E-state index in [4.69, 9.17) is 11.6 Å². The summed E-state index contributed by atoms with van der Waals surface area (Å²) in [7, 11) is 0. The molecule has 2 amide bonds. The predicted octanol–water partition coefficient (Wildman–Crippen LogP) is 6.23. The van der Waals surface area contributed by atoms with Crippen LogP contribution in [0.2, 0.25) is 5.02 Å². The third-order valence-corrected chi connectivity index (χ3v) is 6.41. The van der Waals surface area contributed by atoms with Crippen LogP contribution in [0, 0.1) is 6.92 Å². The maximum Gasteiger partial charge on any atom is 0.282 e. The SMILES string of the molecule is Cc1ccc(NC2=C(c3cccs3)C(=O)N(c3ccc(C(C)C)cc3)C2=O)cc1Cl. The lowest BCUT2D eigenvalue weighted by molar-refractivity contribution is -0.120. The standard InChI is InChI=1S/C24H21ClN2O2S/c1-14(2)16-7-10-18(11-8-16)27-23(28)21(20-5-4-12-30-20)22(24(27)29)26-17-9-6-15(3)19(25)13-17/h4-14,26H,1-3H3. The molecule has 0 unspecified atom stereocenters. The van der Waals surface area contributed by atoms with Crippen molar-refractivity contribution >= 4 is 51.7 Å². The number of benzene rings is 2. The molecule has 0 atom stereocenters. The number of hydrogen-bond acceptors (Lipinski definition) is 4. The summed E-state index contributed by atoms with van der Waals surface area (Å²) >= 11 is 7.67. The van der Waals surface area contributed by atoms with Gasteiger partial charge < -0.3 is 5.32 Å². The van der Waals surface area contributed by atoms with Crippen LogP contribution in [0.4, 0.5) is 11.4 Å². The maximum absolute atomic E-state index is 13.4. The zero-order chi connectivity index (χ0) is 21.4. The van der Waals surface area contributed by atoms with Gasteiger partial charge in [-0.25, -0.2) is 4.90 Å². The van der Waals surface area contributed by atoms with Gasteiger partial charge in [-0.05, 0) is 59.7 Å². The number of nitrogens with one attached hydrogen (secondary N) is 1. The van der Waals surface area contributed by atoms with Gasteiger partial charge in [0.15, 0.2) is 0 Å². The summed E-state index contributed by atoms with van der Waals surface area (Å²) < 4.78 is 0. The Bertz CT molecular complexity index is 1150. The molecule has 6 heteroatoms. The molecule has 2 aromatic carbocycles. The molecule has 4 nitrogen and oxygen atoms in total. The van der Waals surface area contributed by atoms with Gasteiger partial charge in [0.25, 0.3) is 11.8 Å². The largest absolute Gasteiger partial charge is 0.350 e. The molecule has 0 aliphatic carbocycles. The number of carbonyl (C=O) groups excluding carboxylic acids is 2. The lowest BCUT2D eigenvalue weighted by atomic mass is 10.0. The highest BCUT2D eigenvalue weighted by atomic mass is 35.5. The predicted molar refractivity (Wildman–Crippen MR) is 124 cm³/mol. The van der Waals surface area contributed by atoms with E-state index >= 15 is 0 Å². The zero-order valence-electron chi connectivity index (χ0n) is 16.9. The molecule has 0 fully saturated rings. The summed E-state index contributed by atoms with van der Waals surface area (Å²) in [5.74, 6) is -0.342. The number of nitrogens with zero attached hydrogens (tertiary/aromatic N) is 1. The van der Waals surface area contributed by atoms with Gasteiger partial charge >= 0.3 is 0 Å². The van der Waals surface area contributed by atoms with E-state index in [0.717, 1.165) is 16.0 Å². The quantitative estimate of drug-likeness (QED) is 0.482. The molecule has 0 radical (unpaired) electrons. The van der Waals surface area contributed by atoms with E-state index in [1.807, 2.05) is 60.8 Å². The van der Waals surface area contributed by atoms with Gasteiger partial charge in [-0.3, -0.25) is 9.59 Å². The Balaban J connectivity index is 1.75. The van der Waals surface area contributed by atoms with Crippen molar-refractivity contribution in [2.75, 3.05) is 10.2 Å². The fourth-order valence-corrected chi connectivity index (χ4v) is 4.30. The Labute approximate surface area is 184 Å². The number of rotatable bonds is 5. The highest BCUT2D eigenvalue weighted by molar-refractivity contribution is 7.11. The molecule has 0 spiro atoms. The van der Waals surface area contributed by atoms with Crippen LogP contribution in [0.15, 0.2) is 65.7 Å². The molecule has 1 aliphatic rings. The Hall–Kier alpha value is -2.89. The van der Waals surface area contributed by atoms with E-state index in [0.29, 0.717) is 27.9 Å². The van der Waals surface area contributed by atoms with Gasteiger partial charge in [-0.2, -0.15) is 0 Å². The second kappa shape index (κ2) is 8.09. The Morgan fingerprint density at radius 2 is 1.73 bits per heavy atom. The summed E-state index contributed by atoms with van der Waals surface area (Å²) in [6.45, 7) is 6.12. The molecule has 2 heterocycles. The third kappa shape index (κ3) is 3.66. The van der Waals surface area contributed by atoms with E-state index in [1.54, 1.807) is 6.07 Å². The number of carbonyl (C=O) groups is 2. The average molecular weight is 437 g/mol. The van der Waals surface area contributed by atoms with Crippen molar-refractivity contribution in [3.63, 3.8) is 0 Å². The summed E-state index contributed by atoms with van der Waals surface area (Å²) in [6.07, 6.45) is 0. The number of amides is 2. The van der Waals surface area contributed by atoms with E-state index in [-0.39, 0.29) is 17.5 Å². The molecule has 4 rings (SSSR count). The molecular formula is C24H21ClN2O2S. The van der Waals surface area contributed by atoms with Gasteiger partial charge in [0, 0.05) is 15.6 Å². The summed E-state index contributed by atoms with van der Waals surface area (Å²) in [5.41, 5.74) is 3.94. The molecule has 0 saturated heterocycles. The minimum absolute atomic E-state index is 0.260. The van der Waals surface area contributed by atoms with Gasteiger partial charge in [0.1, 0.15) is 5.70 Å². The molecular weight excluding hydrogens is 416 g/mol. The molecule has 1 N–H and O–H groups in total. The van der Waals surface area contributed by atoms with E-state index in [1.165, 1.54) is 16.2 Å². The van der Waals surface area contributed by atoms with Crippen molar-refractivity contribution in [3.8, 4) is 0 Å². The highest BCUT2D eigenvalue weighted by Crippen LogP contribution is 2.36. The lowest BCUT2D eigenvalue weighted by Gasteiger charge is -2.16. The van der Waals surface area contributed by atoms with E-state index in [2.05, 4.69) is 19.2 Å². The molecule has 1 aromatic heterocycles. The second-order valence-electron chi connectivity index (χ2n) is 7.51. The van der Waals surface area contributed by atoms with Crippen LogP contribution >= 0.6 is 22.9 Å². The number of imide groups is 1. The topological polar surface area (TPSA) is 49.4 Å². The van der Waals surface area contributed by atoms with Crippen LogP contribution < -0.4 is 10.2 Å². The van der Waals surface area contributed by atoms with Crippen LogP contribution in [0.25, 0.3) is 5.57 Å². The molecule has 152 valence electrons. The van der Waals surface area contributed by atoms with Gasteiger partial charge in [0.05, 0.1) is 11.3 Å². The number of thiophene rings is 1. The van der Waals surface area contributed by atoms with Crippen LogP contribution in [-0.4, -0.2) is 11.8 Å². The highest BCUT2D eigenvalue weighted by Gasteiger charge is 2.40. The van der Waals surface area contributed by atoms with Crippen LogP contribution in [0.3, 0.4) is 0 Å². The van der Waals surface area contributed by atoms with Crippen molar-refractivity contribution in [2.24, 2.45) is 0 Å². The molecule has 3 aromatic rings. The van der Waals surface area contributed by atoms with Crippen molar-refractivity contribution in [1.29, 1.82) is 0 Å². The molecule has 0 bridgehead atoms. The Kier molecular flexibility index (Phi) is 5.50. The molecule has 30 heavy (non-hydrogen) atoms. The first-order valence-electron chi connectivity index (χ1n) is 9.67. The first-order chi connectivity index (χ1) is 14.4. The van der Waals surface area contributed by atoms with Crippen LogP contribution in [0.5, 0.6) is 0 Å². The fourth-order valence-electron chi connectivity index (χ4n) is 3.35. The normalized spacial score (nSPS) is 14.2. The molecule has 1 aliphatic heterocycles. The zero-order valence-corrected chi connectivity index (χ0v) is 18.5. The number of aryl methyl sites for hydroxylation is 1. The van der Waals surface area contributed by atoms with E-state index in [9.17, 15) is 9.59 Å². The average Bonchev–Trinajstić information content (AvgIpc) is 3.32. The van der Waals surface area contributed by atoms with Crippen molar-refractivity contribution in [1.82, 2.24) is 0 Å². The molecule has 0 saturated carbocycles. The van der Waals surface area contributed by atoms with Gasteiger partial charge in [-0.15, -0.1) is 11.3 Å². The van der Waals surface area contributed by atoms with Crippen LogP contribution in [-0.2, 0) is 9.59 Å². The lowest BCUT2D eigenvalue weighted by Crippen LogP contribution is -2.32. The fraction of sp³-hybridized carbons (Fsp3) is 0.167. The number of halogens is 1. The van der Waals surface area contributed by atoms with Crippen molar-refractivity contribution in [2.45, 2.75) is 26.7 Å². The van der Waals surface area contributed by atoms with Crippen molar-refractivity contribution in [3.05, 3.63) is 86.7 Å². The Morgan fingerprint density at radius 1 is 1.00 bits per heavy atom. The first kappa shape index (κ1) is 20.4. The smallest absolute Gasteiger partial charge is 0.282 e. The van der Waals surface area contributed by atoms with E-state index < -0.39 is 0 Å². The number of anilines is 2. The monoisotopic (exact) mass is 436 g/mol. The summed E-state index contributed by atoms with van der Waals surface area (Å²) in [6, 6.07) is 16.7. The summed E-state index contributed by atoms with van der Waals surface area (Å²) in [5, 5.41) is 5.63. The van der Waals surface area contributed by atoms with Crippen LogP contribution in [0.1, 0.15) is 35.8 Å². The first-order valence-corrected chi connectivity index (χ1v) is 10.9. The van der Waals surface area contributed by atoms with Crippen molar-refractivity contribution < 1.29 is 9.59 Å². The van der Waals surface area contributed by atoms with Gasteiger partial charge in [-0.1, -0.05) is 49.7 Å². The Morgan fingerprint density at radius 3 is 2.33 bits per heavy atom. The number of hydrogen-bond donors (Lipinski definition) is 1. The summed E-state index contributed by atoms with van der Waals surface area (Å²) in [4.78, 5) is 28.7. The second-order valence-corrected chi connectivity index (χ2v) is 8.86. The minimum Gasteiger partial charge on any atom is -0.350 e. The third-order valence-electron chi connectivity index (χ3n) is 5.11. The van der Waals surface area contributed by atoms with Gasteiger partial charge in [0.2, 0.25) is 0 Å². The minimum atomic E-state index is -0.377. The maximum atomic E-state index is 13.4.